The number of benzene rings is 1. The molecule has 4 heteroatoms. The van der Waals surface area contributed by atoms with E-state index in [1.165, 1.54) is 10.9 Å². The monoisotopic (exact) mass is 279 g/mol. The molecule has 1 heterocycles. The van der Waals surface area contributed by atoms with Crippen molar-refractivity contribution in [2.24, 2.45) is 0 Å². The predicted molar refractivity (Wildman–Crippen MR) is 81.7 cm³/mol. The third kappa shape index (κ3) is 3.48. The first-order chi connectivity index (χ1) is 9.26. The Morgan fingerprint density at radius 1 is 1.32 bits per heavy atom. The number of aromatic nitrogens is 2. The number of hydrogen-bond acceptors (Lipinski definition) is 2. The van der Waals surface area contributed by atoms with E-state index >= 15 is 0 Å². The zero-order chi connectivity index (χ0) is 13.7. The molecular formula is C15H22ClN3. The van der Waals surface area contributed by atoms with Crippen molar-refractivity contribution in [1.29, 1.82) is 0 Å². The van der Waals surface area contributed by atoms with Gasteiger partial charge < -0.3 is 5.32 Å². The molecule has 19 heavy (non-hydrogen) atoms. The van der Waals surface area contributed by atoms with Crippen molar-refractivity contribution in [3.63, 3.8) is 0 Å². The van der Waals surface area contributed by atoms with Crippen LogP contribution >= 0.6 is 11.6 Å². The van der Waals surface area contributed by atoms with Gasteiger partial charge in [0.2, 0.25) is 0 Å². The van der Waals surface area contributed by atoms with Gasteiger partial charge in [0.05, 0.1) is 11.2 Å². The van der Waals surface area contributed by atoms with Gasteiger partial charge >= 0.3 is 0 Å². The lowest BCUT2D eigenvalue weighted by Crippen LogP contribution is -2.23. The van der Waals surface area contributed by atoms with Gasteiger partial charge in [-0.05, 0) is 19.4 Å². The summed E-state index contributed by atoms with van der Waals surface area (Å²) in [6.07, 6.45) is 2.18. The summed E-state index contributed by atoms with van der Waals surface area (Å²) in [5, 5.41) is 9.52. The minimum absolute atomic E-state index is 0.213. The second-order valence-electron chi connectivity index (χ2n) is 4.80. The molecule has 0 bridgehead atoms. The van der Waals surface area contributed by atoms with E-state index < -0.39 is 0 Å². The SMILES string of the molecule is CCCC(Cl)CNCc1nn(CC)c2ccccc12. The summed E-state index contributed by atoms with van der Waals surface area (Å²) < 4.78 is 2.05. The van der Waals surface area contributed by atoms with Gasteiger partial charge in [0, 0.05) is 30.4 Å². The van der Waals surface area contributed by atoms with Gasteiger partial charge in [0.25, 0.3) is 0 Å². The molecule has 2 aromatic rings. The summed E-state index contributed by atoms with van der Waals surface area (Å²) >= 11 is 6.21. The predicted octanol–water partition coefficient (Wildman–Crippen LogP) is 3.55. The molecule has 0 radical (unpaired) electrons. The average molecular weight is 280 g/mol. The highest BCUT2D eigenvalue weighted by Gasteiger charge is 2.09. The Balaban J connectivity index is 2.04. The lowest BCUT2D eigenvalue weighted by Gasteiger charge is -2.08. The summed E-state index contributed by atoms with van der Waals surface area (Å²) in [5.41, 5.74) is 2.32. The standard InChI is InChI=1S/C15H22ClN3/c1-3-7-12(16)10-17-11-14-13-8-5-6-9-15(13)19(4-2)18-14/h5-6,8-9,12,17H,3-4,7,10-11H2,1-2H3. The van der Waals surface area contributed by atoms with Crippen LogP contribution in [0, 0.1) is 0 Å². The van der Waals surface area contributed by atoms with Crippen molar-refractivity contribution in [2.75, 3.05) is 6.54 Å². The Labute approximate surface area is 119 Å². The van der Waals surface area contributed by atoms with Crippen molar-refractivity contribution < 1.29 is 0 Å². The second-order valence-corrected chi connectivity index (χ2v) is 5.41. The topological polar surface area (TPSA) is 29.9 Å². The smallest absolute Gasteiger partial charge is 0.0841 e. The molecule has 1 aromatic heterocycles. The first-order valence-electron chi connectivity index (χ1n) is 7.05. The lowest BCUT2D eigenvalue weighted by atomic mass is 10.2. The van der Waals surface area contributed by atoms with Crippen LogP contribution in [-0.2, 0) is 13.1 Å². The van der Waals surface area contributed by atoms with E-state index in [1.54, 1.807) is 0 Å². The summed E-state index contributed by atoms with van der Waals surface area (Å²) in [6.45, 7) is 6.79. The van der Waals surface area contributed by atoms with Gasteiger partial charge in [0.1, 0.15) is 0 Å². The number of aryl methyl sites for hydroxylation is 1. The zero-order valence-electron chi connectivity index (χ0n) is 11.7. The van der Waals surface area contributed by atoms with Crippen LogP contribution in [0.25, 0.3) is 10.9 Å². The van der Waals surface area contributed by atoms with Crippen LogP contribution in [0.2, 0.25) is 0 Å². The highest BCUT2D eigenvalue weighted by Crippen LogP contribution is 2.18. The summed E-state index contributed by atoms with van der Waals surface area (Å²) in [5.74, 6) is 0. The minimum Gasteiger partial charge on any atom is -0.310 e. The lowest BCUT2D eigenvalue weighted by molar-refractivity contribution is 0.602. The van der Waals surface area contributed by atoms with E-state index in [1.807, 2.05) is 0 Å². The molecule has 2 rings (SSSR count). The van der Waals surface area contributed by atoms with Crippen molar-refractivity contribution in [2.45, 2.75) is 45.2 Å². The maximum Gasteiger partial charge on any atom is 0.0841 e. The number of nitrogens with zero attached hydrogens (tertiary/aromatic N) is 2. The van der Waals surface area contributed by atoms with Gasteiger partial charge in [-0.15, -0.1) is 11.6 Å². The largest absolute Gasteiger partial charge is 0.310 e. The molecule has 1 aromatic carbocycles. The van der Waals surface area contributed by atoms with E-state index in [-0.39, 0.29) is 5.38 Å². The Bertz CT molecular complexity index is 521. The van der Waals surface area contributed by atoms with Crippen LogP contribution in [-0.4, -0.2) is 21.7 Å². The minimum atomic E-state index is 0.213. The highest BCUT2D eigenvalue weighted by molar-refractivity contribution is 6.20. The van der Waals surface area contributed by atoms with Crippen LogP contribution in [0.5, 0.6) is 0 Å². The third-order valence-corrected chi connectivity index (χ3v) is 3.67. The van der Waals surface area contributed by atoms with Crippen LogP contribution in [0.4, 0.5) is 0 Å². The second kappa shape index (κ2) is 6.92. The van der Waals surface area contributed by atoms with Crippen molar-refractivity contribution in [3.8, 4) is 0 Å². The molecule has 0 aliphatic carbocycles. The van der Waals surface area contributed by atoms with Crippen molar-refractivity contribution in [1.82, 2.24) is 15.1 Å². The van der Waals surface area contributed by atoms with Crippen molar-refractivity contribution in [3.05, 3.63) is 30.0 Å². The van der Waals surface area contributed by atoms with E-state index in [0.29, 0.717) is 0 Å². The molecule has 1 atom stereocenters. The fourth-order valence-electron chi connectivity index (χ4n) is 2.33. The van der Waals surface area contributed by atoms with Gasteiger partial charge in [-0.2, -0.15) is 5.10 Å². The molecule has 0 aliphatic heterocycles. The average Bonchev–Trinajstić information content (AvgIpc) is 2.78. The van der Waals surface area contributed by atoms with Crippen LogP contribution < -0.4 is 5.32 Å². The molecule has 1 N–H and O–H groups in total. The fraction of sp³-hybridized carbons (Fsp3) is 0.533. The third-order valence-electron chi connectivity index (χ3n) is 3.29. The molecule has 0 aliphatic rings. The van der Waals surface area contributed by atoms with Gasteiger partial charge in [-0.3, -0.25) is 4.68 Å². The molecule has 104 valence electrons. The first-order valence-corrected chi connectivity index (χ1v) is 7.49. The number of rotatable bonds is 7. The fourth-order valence-corrected chi connectivity index (χ4v) is 2.66. The van der Waals surface area contributed by atoms with Crippen LogP contribution in [0.15, 0.2) is 24.3 Å². The zero-order valence-corrected chi connectivity index (χ0v) is 12.5. The van der Waals surface area contributed by atoms with Gasteiger partial charge in [0.15, 0.2) is 0 Å². The van der Waals surface area contributed by atoms with Crippen LogP contribution in [0.1, 0.15) is 32.4 Å². The number of nitrogens with one attached hydrogen (secondary N) is 1. The molecule has 0 saturated carbocycles. The molecule has 0 fully saturated rings. The Hall–Kier alpha value is -1.06. The summed E-state index contributed by atoms with van der Waals surface area (Å²) in [4.78, 5) is 0. The molecule has 3 nitrogen and oxygen atoms in total. The Morgan fingerprint density at radius 3 is 2.84 bits per heavy atom. The maximum atomic E-state index is 6.21. The van der Waals surface area contributed by atoms with Crippen LogP contribution in [0.3, 0.4) is 0 Å². The highest BCUT2D eigenvalue weighted by atomic mass is 35.5. The number of para-hydroxylation sites is 1. The van der Waals surface area contributed by atoms with Gasteiger partial charge in [-0.25, -0.2) is 0 Å². The quantitative estimate of drug-likeness (QED) is 0.786. The normalized spacial score (nSPS) is 13.0. The number of halogens is 1. The van der Waals surface area contributed by atoms with Crippen molar-refractivity contribution >= 4 is 22.5 Å². The molecular weight excluding hydrogens is 258 g/mol. The Morgan fingerprint density at radius 2 is 2.11 bits per heavy atom. The van der Waals surface area contributed by atoms with E-state index in [2.05, 4.69) is 53.2 Å². The number of alkyl halides is 1. The molecule has 1 unspecified atom stereocenters. The molecule has 0 saturated heterocycles. The molecule has 0 amide bonds. The Kier molecular flexibility index (Phi) is 5.23. The number of hydrogen-bond donors (Lipinski definition) is 1. The summed E-state index contributed by atoms with van der Waals surface area (Å²) in [7, 11) is 0. The van der Waals surface area contributed by atoms with E-state index in [9.17, 15) is 0 Å². The number of fused-ring (bicyclic) bond motifs is 1. The maximum absolute atomic E-state index is 6.21. The summed E-state index contributed by atoms with van der Waals surface area (Å²) in [6, 6.07) is 8.38. The van der Waals surface area contributed by atoms with E-state index in [4.69, 9.17) is 11.6 Å². The van der Waals surface area contributed by atoms with Gasteiger partial charge in [-0.1, -0.05) is 31.5 Å². The van der Waals surface area contributed by atoms with E-state index in [0.717, 1.165) is 38.2 Å². The first kappa shape index (κ1) is 14.4. The molecule has 0 spiro atoms.